The summed E-state index contributed by atoms with van der Waals surface area (Å²) in [4.78, 5) is 11.7. The van der Waals surface area contributed by atoms with E-state index in [1.54, 1.807) is 0 Å². The predicted molar refractivity (Wildman–Crippen MR) is 76.7 cm³/mol. The molecule has 4 nitrogen and oxygen atoms in total. The van der Waals surface area contributed by atoms with Gasteiger partial charge in [0.15, 0.2) is 0 Å². The number of nitrogens with one attached hydrogen (secondary N) is 2. The third kappa shape index (κ3) is 3.64. The summed E-state index contributed by atoms with van der Waals surface area (Å²) in [5, 5.41) is 5.54. The van der Waals surface area contributed by atoms with Crippen LogP contribution in [-0.2, 0) is 0 Å². The zero-order valence-electron chi connectivity index (χ0n) is 10.4. The van der Waals surface area contributed by atoms with Crippen LogP contribution in [0.2, 0.25) is 0 Å². The first-order valence-electron chi connectivity index (χ1n) is 6.23. The van der Waals surface area contributed by atoms with Gasteiger partial charge in [-0.15, -0.1) is 0 Å². The van der Waals surface area contributed by atoms with Crippen LogP contribution in [0.5, 0.6) is 0 Å². The van der Waals surface area contributed by atoms with E-state index in [0.29, 0.717) is 5.69 Å². The summed E-state index contributed by atoms with van der Waals surface area (Å²) < 4.78 is 13.4. The van der Waals surface area contributed by atoms with Crippen molar-refractivity contribution in [3.8, 4) is 0 Å². The van der Waals surface area contributed by atoms with E-state index in [-0.39, 0.29) is 22.6 Å². The Morgan fingerprint density at radius 1 is 1.37 bits per heavy atom. The lowest BCUT2D eigenvalue weighted by Crippen LogP contribution is -2.36. The van der Waals surface area contributed by atoms with E-state index in [1.165, 1.54) is 18.2 Å². The standard InChI is InChI=1S/C13H16FN3OS/c14-11-6-5-9(7-10(11)12(15)19)17-13(18)16-8-3-1-2-4-8/h5-8H,1-4H2,(H2,15,19)(H2,16,17,18). The number of hydrogen-bond donors (Lipinski definition) is 3. The lowest BCUT2D eigenvalue weighted by atomic mass is 10.2. The highest BCUT2D eigenvalue weighted by Gasteiger charge is 2.17. The number of urea groups is 1. The zero-order chi connectivity index (χ0) is 13.8. The molecule has 0 bridgehead atoms. The van der Waals surface area contributed by atoms with Crippen molar-refractivity contribution in [3.63, 3.8) is 0 Å². The van der Waals surface area contributed by atoms with E-state index in [1.807, 2.05) is 0 Å². The van der Waals surface area contributed by atoms with E-state index >= 15 is 0 Å². The molecule has 1 aromatic rings. The predicted octanol–water partition coefficient (Wildman–Crippen LogP) is 2.52. The van der Waals surface area contributed by atoms with E-state index in [2.05, 4.69) is 10.6 Å². The molecule has 19 heavy (non-hydrogen) atoms. The number of thiocarbonyl (C=S) groups is 1. The van der Waals surface area contributed by atoms with Crippen LogP contribution in [0.4, 0.5) is 14.9 Å². The first-order chi connectivity index (χ1) is 9.06. The Morgan fingerprint density at radius 3 is 2.68 bits per heavy atom. The molecule has 0 saturated heterocycles. The minimum Gasteiger partial charge on any atom is -0.389 e. The number of anilines is 1. The molecule has 4 N–H and O–H groups in total. The largest absolute Gasteiger partial charge is 0.389 e. The van der Waals surface area contributed by atoms with Crippen molar-refractivity contribution in [1.82, 2.24) is 5.32 Å². The van der Waals surface area contributed by atoms with Gasteiger partial charge in [-0.05, 0) is 31.0 Å². The van der Waals surface area contributed by atoms with Crippen molar-refractivity contribution in [3.05, 3.63) is 29.6 Å². The van der Waals surface area contributed by atoms with Gasteiger partial charge >= 0.3 is 6.03 Å². The highest BCUT2D eigenvalue weighted by molar-refractivity contribution is 7.80. The Hall–Kier alpha value is -1.69. The first kappa shape index (κ1) is 13.7. The van der Waals surface area contributed by atoms with Gasteiger partial charge in [0.25, 0.3) is 0 Å². The number of halogens is 1. The quantitative estimate of drug-likeness (QED) is 0.746. The number of carbonyl (C=O) groups is 1. The van der Waals surface area contributed by atoms with E-state index in [4.69, 9.17) is 18.0 Å². The van der Waals surface area contributed by atoms with Crippen LogP contribution in [0.25, 0.3) is 0 Å². The maximum Gasteiger partial charge on any atom is 0.319 e. The van der Waals surface area contributed by atoms with Gasteiger partial charge in [0.05, 0.1) is 0 Å². The van der Waals surface area contributed by atoms with Gasteiger partial charge in [-0.2, -0.15) is 0 Å². The molecule has 0 atom stereocenters. The van der Waals surface area contributed by atoms with E-state index < -0.39 is 5.82 Å². The Balaban J connectivity index is 2.00. The third-order valence-electron chi connectivity index (χ3n) is 3.18. The fourth-order valence-electron chi connectivity index (χ4n) is 2.21. The van der Waals surface area contributed by atoms with Crippen molar-refractivity contribution in [2.45, 2.75) is 31.7 Å². The highest BCUT2D eigenvalue weighted by Crippen LogP contribution is 2.18. The van der Waals surface area contributed by atoms with Gasteiger partial charge < -0.3 is 16.4 Å². The average molecular weight is 281 g/mol. The van der Waals surface area contributed by atoms with Crippen LogP contribution in [0.3, 0.4) is 0 Å². The van der Waals surface area contributed by atoms with Crippen LogP contribution >= 0.6 is 12.2 Å². The molecule has 6 heteroatoms. The minimum absolute atomic E-state index is 0.0302. The maximum absolute atomic E-state index is 13.4. The van der Waals surface area contributed by atoms with Crippen LogP contribution in [0, 0.1) is 5.82 Å². The first-order valence-corrected chi connectivity index (χ1v) is 6.64. The second kappa shape index (κ2) is 5.97. The molecule has 2 rings (SSSR count). The molecular weight excluding hydrogens is 265 g/mol. The second-order valence-corrected chi connectivity index (χ2v) is 5.08. The van der Waals surface area contributed by atoms with Crippen molar-refractivity contribution in [2.75, 3.05) is 5.32 Å². The van der Waals surface area contributed by atoms with Crippen LogP contribution < -0.4 is 16.4 Å². The molecular formula is C13H16FN3OS. The number of amides is 2. The monoisotopic (exact) mass is 281 g/mol. The van der Waals surface area contributed by atoms with Gasteiger partial charge in [-0.25, -0.2) is 9.18 Å². The minimum atomic E-state index is -0.491. The Labute approximate surface area is 116 Å². The molecule has 1 fully saturated rings. The molecule has 2 amide bonds. The number of benzene rings is 1. The summed E-state index contributed by atoms with van der Waals surface area (Å²) >= 11 is 4.75. The number of rotatable bonds is 3. The van der Waals surface area contributed by atoms with Gasteiger partial charge in [-0.1, -0.05) is 25.1 Å². The van der Waals surface area contributed by atoms with Crippen molar-refractivity contribution in [2.24, 2.45) is 5.73 Å². The van der Waals surface area contributed by atoms with Crippen molar-refractivity contribution < 1.29 is 9.18 Å². The van der Waals surface area contributed by atoms with Crippen molar-refractivity contribution in [1.29, 1.82) is 0 Å². The van der Waals surface area contributed by atoms with E-state index in [0.717, 1.165) is 25.7 Å². The third-order valence-corrected chi connectivity index (χ3v) is 3.40. The summed E-state index contributed by atoms with van der Waals surface area (Å²) in [6.07, 6.45) is 4.31. The molecule has 0 unspecified atom stereocenters. The molecule has 0 aromatic heterocycles. The molecule has 1 aliphatic carbocycles. The molecule has 0 spiro atoms. The Morgan fingerprint density at radius 2 is 2.05 bits per heavy atom. The van der Waals surface area contributed by atoms with Crippen LogP contribution in [-0.4, -0.2) is 17.1 Å². The Kier molecular flexibility index (Phi) is 4.31. The average Bonchev–Trinajstić information content (AvgIpc) is 2.84. The topological polar surface area (TPSA) is 67.1 Å². The molecule has 1 aromatic carbocycles. The number of nitrogens with two attached hydrogens (primary N) is 1. The van der Waals surface area contributed by atoms with Crippen LogP contribution in [0.1, 0.15) is 31.2 Å². The molecule has 0 aliphatic heterocycles. The fraction of sp³-hybridized carbons (Fsp3) is 0.385. The smallest absolute Gasteiger partial charge is 0.319 e. The van der Waals surface area contributed by atoms with Gasteiger partial charge in [0.2, 0.25) is 0 Å². The Bertz CT molecular complexity index is 501. The second-order valence-electron chi connectivity index (χ2n) is 4.64. The SMILES string of the molecule is NC(=S)c1cc(NC(=O)NC2CCCC2)ccc1F. The maximum atomic E-state index is 13.4. The van der Waals surface area contributed by atoms with Crippen molar-refractivity contribution >= 4 is 28.9 Å². The lowest BCUT2D eigenvalue weighted by molar-refractivity contribution is 0.248. The zero-order valence-corrected chi connectivity index (χ0v) is 11.2. The van der Waals surface area contributed by atoms with Gasteiger partial charge in [-0.3, -0.25) is 0 Å². The highest BCUT2D eigenvalue weighted by atomic mass is 32.1. The molecule has 0 heterocycles. The fourth-order valence-corrected chi connectivity index (χ4v) is 2.37. The molecule has 1 saturated carbocycles. The summed E-state index contributed by atoms with van der Waals surface area (Å²) in [7, 11) is 0. The number of carbonyl (C=O) groups excluding carboxylic acids is 1. The number of hydrogen-bond acceptors (Lipinski definition) is 2. The lowest BCUT2D eigenvalue weighted by Gasteiger charge is -2.13. The molecule has 1 aliphatic rings. The molecule has 0 radical (unpaired) electrons. The van der Waals surface area contributed by atoms with E-state index in [9.17, 15) is 9.18 Å². The van der Waals surface area contributed by atoms with Gasteiger partial charge in [0.1, 0.15) is 10.8 Å². The normalized spacial score (nSPS) is 15.2. The molecule has 102 valence electrons. The van der Waals surface area contributed by atoms with Gasteiger partial charge in [0, 0.05) is 17.3 Å². The van der Waals surface area contributed by atoms with Crippen LogP contribution in [0.15, 0.2) is 18.2 Å². The summed E-state index contributed by atoms with van der Waals surface area (Å²) in [6, 6.07) is 4.10. The summed E-state index contributed by atoms with van der Waals surface area (Å²) in [6.45, 7) is 0. The summed E-state index contributed by atoms with van der Waals surface area (Å²) in [5.41, 5.74) is 6.01. The summed E-state index contributed by atoms with van der Waals surface area (Å²) in [5.74, 6) is -0.491.